The van der Waals surface area contributed by atoms with Crippen LogP contribution in [0.2, 0.25) is 0 Å². The zero-order valence-corrected chi connectivity index (χ0v) is 15.9. The average Bonchev–Trinajstić information content (AvgIpc) is 2.73. The number of fused-ring (bicyclic) bond motifs is 1. The van der Waals surface area contributed by atoms with Crippen molar-refractivity contribution in [3.05, 3.63) is 83.9 Å². The molecule has 3 aromatic carbocycles. The van der Waals surface area contributed by atoms with Crippen LogP contribution in [0.1, 0.15) is 11.1 Å². The van der Waals surface area contributed by atoms with Crippen molar-refractivity contribution in [3.8, 4) is 5.75 Å². The molecule has 4 aromatic rings. The van der Waals surface area contributed by atoms with Crippen molar-refractivity contribution in [1.29, 1.82) is 0 Å². The minimum atomic E-state index is 0.523. The first-order chi connectivity index (χ1) is 13.7. The van der Waals surface area contributed by atoms with Crippen LogP contribution in [0.4, 0.5) is 17.5 Å². The van der Waals surface area contributed by atoms with Gasteiger partial charge in [0.2, 0.25) is 5.95 Å². The van der Waals surface area contributed by atoms with Crippen LogP contribution in [0.3, 0.4) is 0 Å². The zero-order chi connectivity index (χ0) is 19.3. The third-order valence-electron chi connectivity index (χ3n) is 4.54. The quantitative estimate of drug-likeness (QED) is 0.482. The largest absolute Gasteiger partial charge is 0.495 e. The van der Waals surface area contributed by atoms with Gasteiger partial charge in [0, 0.05) is 11.9 Å². The zero-order valence-electron chi connectivity index (χ0n) is 15.9. The summed E-state index contributed by atoms with van der Waals surface area (Å²) in [5.41, 5.74) is 4.15. The fraction of sp³-hybridized carbons (Fsp3) is 0.130. The number of rotatable bonds is 6. The lowest BCUT2D eigenvalue weighted by Gasteiger charge is -2.13. The Morgan fingerprint density at radius 2 is 1.61 bits per heavy atom. The summed E-state index contributed by atoms with van der Waals surface area (Å²) in [4.78, 5) is 9.37. The van der Waals surface area contributed by atoms with E-state index in [0.717, 1.165) is 28.2 Å². The molecular weight excluding hydrogens is 348 g/mol. The highest BCUT2D eigenvalue weighted by atomic mass is 16.5. The van der Waals surface area contributed by atoms with Crippen LogP contribution in [0, 0.1) is 6.92 Å². The topological polar surface area (TPSA) is 59.1 Å². The van der Waals surface area contributed by atoms with Gasteiger partial charge in [-0.2, -0.15) is 4.98 Å². The van der Waals surface area contributed by atoms with E-state index in [0.29, 0.717) is 12.5 Å². The number of aromatic nitrogens is 2. The number of ether oxygens (including phenoxy) is 1. The number of benzene rings is 3. The number of nitrogens with zero attached hydrogens (tertiary/aromatic N) is 2. The van der Waals surface area contributed by atoms with E-state index >= 15 is 0 Å². The summed E-state index contributed by atoms with van der Waals surface area (Å²) in [7, 11) is 1.65. The predicted octanol–water partition coefficient (Wildman–Crippen LogP) is 5.30. The Hall–Kier alpha value is -3.60. The summed E-state index contributed by atoms with van der Waals surface area (Å²) in [6, 6.07) is 24.2. The minimum absolute atomic E-state index is 0.523. The number of hydrogen-bond acceptors (Lipinski definition) is 5. The van der Waals surface area contributed by atoms with E-state index in [-0.39, 0.29) is 0 Å². The molecule has 0 radical (unpaired) electrons. The van der Waals surface area contributed by atoms with Gasteiger partial charge >= 0.3 is 0 Å². The minimum Gasteiger partial charge on any atom is -0.495 e. The van der Waals surface area contributed by atoms with E-state index in [4.69, 9.17) is 9.72 Å². The molecule has 0 aliphatic heterocycles. The van der Waals surface area contributed by atoms with Gasteiger partial charge in [0.15, 0.2) is 0 Å². The molecule has 0 unspecified atom stereocenters. The van der Waals surface area contributed by atoms with Crippen LogP contribution in [-0.4, -0.2) is 17.1 Å². The first kappa shape index (κ1) is 17.8. The fourth-order valence-electron chi connectivity index (χ4n) is 3.03. The second-order valence-corrected chi connectivity index (χ2v) is 6.58. The number of nitrogens with one attached hydrogen (secondary N) is 2. The maximum Gasteiger partial charge on any atom is 0.229 e. The molecule has 0 atom stereocenters. The lowest BCUT2D eigenvalue weighted by Crippen LogP contribution is -2.06. The smallest absolute Gasteiger partial charge is 0.229 e. The Morgan fingerprint density at radius 1 is 0.857 bits per heavy atom. The molecule has 1 aromatic heterocycles. The Bertz CT molecular complexity index is 1090. The molecule has 5 nitrogen and oxygen atoms in total. The van der Waals surface area contributed by atoms with Crippen LogP contribution in [0.5, 0.6) is 5.75 Å². The molecule has 1 heterocycles. The number of anilines is 3. The maximum absolute atomic E-state index is 5.42. The lowest BCUT2D eigenvalue weighted by molar-refractivity contribution is 0.417. The molecule has 0 bridgehead atoms. The van der Waals surface area contributed by atoms with E-state index in [2.05, 4.69) is 46.8 Å². The summed E-state index contributed by atoms with van der Waals surface area (Å²) >= 11 is 0. The van der Waals surface area contributed by atoms with Gasteiger partial charge in [0.05, 0.1) is 18.3 Å². The Kier molecular flexibility index (Phi) is 5.06. The van der Waals surface area contributed by atoms with Crippen molar-refractivity contribution in [3.63, 3.8) is 0 Å². The summed E-state index contributed by atoms with van der Waals surface area (Å²) in [6.07, 6.45) is 0. The van der Waals surface area contributed by atoms with Crippen LogP contribution in [0.25, 0.3) is 10.9 Å². The molecule has 28 heavy (non-hydrogen) atoms. The van der Waals surface area contributed by atoms with Gasteiger partial charge < -0.3 is 15.4 Å². The highest BCUT2D eigenvalue weighted by Gasteiger charge is 2.09. The van der Waals surface area contributed by atoms with Gasteiger partial charge in [-0.25, -0.2) is 4.98 Å². The molecule has 0 fully saturated rings. The van der Waals surface area contributed by atoms with Gasteiger partial charge in [0.25, 0.3) is 0 Å². The normalized spacial score (nSPS) is 10.6. The van der Waals surface area contributed by atoms with E-state index in [1.165, 1.54) is 11.1 Å². The van der Waals surface area contributed by atoms with E-state index in [1.54, 1.807) is 7.11 Å². The van der Waals surface area contributed by atoms with Gasteiger partial charge in [-0.1, -0.05) is 54.1 Å². The molecular formula is C23H22N4O. The molecule has 0 saturated carbocycles. The van der Waals surface area contributed by atoms with Crippen molar-refractivity contribution in [2.45, 2.75) is 13.5 Å². The summed E-state index contributed by atoms with van der Waals surface area (Å²) < 4.78 is 5.42. The SMILES string of the molecule is COc1ccccc1Nc1nc(NCc2ccc(C)cc2)c2ccccc2n1. The molecule has 0 amide bonds. The number of para-hydroxylation sites is 3. The van der Waals surface area contributed by atoms with Gasteiger partial charge in [-0.15, -0.1) is 0 Å². The summed E-state index contributed by atoms with van der Waals surface area (Å²) in [5.74, 6) is 2.06. The molecule has 0 aliphatic rings. The van der Waals surface area contributed by atoms with E-state index in [1.807, 2.05) is 48.5 Å². The van der Waals surface area contributed by atoms with Gasteiger partial charge in [0.1, 0.15) is 11.6 Å². The average molecular weight is 370 g/mol. The van der Waals surface area contributed by atoms with Crippen molar-refractivity contribution in [2.75, 3.05) is 17.7 Å². The summed E-state index contributed by atoms with van der Waals surface area (Å²) in [6.45, 7) is 2.78. The standard InChI is InChI=1S/C23H22N4O/c1-16-11-13-17(14-12-16)15-24-22-18-7-3-4-8-19(18)25-23(27-22)26-20-9-5-6-10-21(20)28-2/h3-14H,15H2,1-2H3,(H2,24,25,26,27). The van der Waals surface area contributed by atoms with Crippen LogP contribution >= 0.6 is 0 Å². The number of hydrogen-bond donors (Lipinski definition) is 2. The predicted molar refractivity (Wildman–Crippen MR) is 114 cm³/mol. The summed E-state index contributed by atoms with van der Waals surface area (Å²) in [5, 5.41) is 7.72. The molecule has 140 valence electrons. The van der Waals surface area contributed by atoms with Crippen molar-refractivity contribution < 1.29 is 4.74 Å². The number of aryl methyl sites for hydroxylation is 1. The molecule has 0 saturated heterocycles. The number of methoxy groups -OCH3 is 1. The third kappa shape index (κ3) is 3.88. The Morgan fingerprint density at radius 3 is 2.43 bits per heavy atom. The van der Waals surface area contributed by atoms with Crippen LogP contribution in [-0.2, 0) is 6.54 Å². The van der Waals surface area contributed by atoms with Crippen LogP contribution < -0.4 is 15.4 Å². The molecule has 2 N–H and O–H groups in total. The van der Waals surface area contributed by atoms with Crippen molar-refractivity contribution >= 4 is 28.4 Å². The van der Waals surface area contributed by atoms with E-state index < -0.39 is 0 Å². The van der Waals surface area contributed by atoms with E-state index in [9.17, 15) is 0 Å². The fourth-order valence-corrected chi connectivity index (χ4v) is 3.03. The highest BCUT2D eigenvalue weighted by molar-refractivity contribution is 5.90. The maximum atomic E-state index is 5.42. The van der Waals surface area contributed by atoms with Gasteiger partial charge in [-0.3, -0.25) is 0 Å². The second kappa shape index (κ2) is 7.96. The van der Waals surface area contributed by atoms with Crippen molar-refractivity contribution in [2.24, 2.45) is 0 Å². The first-order valence-corrected chi connectivity index (χ1v) is 9.19. The second-order valence-electron chi connectivity index (χ2n) is 6.58. The molecule has 5 heteroatoms. The Labute approximate surface area is 164 Å². The highest BCUT2D eigenvalue weighted by Crippen LogP contribution is 2.28. The first-order valence-electron chi connectivity index (χ1n) is 9.19. The Balaban J connectivity index is 1.66. The van der Waals surface area contributed by atoms with Crippen molar-refractivity contribution in [1.82, 2.24) is 9.97 Å². The molecule has 0 aliphatic carbocycles. The third-order valence-corrected chi connectivity index (χ3v) is 4.54. The van der Waals surface area contributed by atoms with Crippen LogP contribution in [0.15, 0.2) is 72.8 Å². The van der Waals surface area contributed by atoms with Gasteiger partial charge in [-0.05, 0) is 36.8 Å². The molecule has 4 rings (SSSR count). The monoisotopic (exact) mass is 370 g/mol. The molecule has 0 spiro atoms. The lowest BCUT2D eigenvalue weighted by atomic mass is 10.1.